The Bertz CT molecular complexity index is 373. The summed E-state index contributed by atoms with van der Waals surface area (Å²) in [5, 5.41) is 0. The van der Waals surface area contributed by atoms with E-state index in [0.29, 0.717) is 0 Å². The van der Waals surface area contributed by atoms with Crippen molar-refractivity contribution in [2.24, 2.45) is 0 Å². The van der Waals surface area contributed by atoms with Gasteiger partial charge in [0.15, 0.2) is 0 Å². The molecule has 16 heavy (non-hydrogen) atoms. The zero-order chi connectivity index (χ0) is 11.4. The number of rotatable bonds is 1. The van der Waals surface area contributed by atoms with Crippen LogP contribution in [0.4, 0.5) is 4.39 Å². The summed E-state index contributed by atoms with van der Waals surface area (Å²) in [6.07, 6.45) is 4.39. The van der Waals surface area contributed by atoms with Gasteiger partial charge in [-0.25, -0.2) is 4.98 Å². The molecule has 1 aliphatic rings. The molecule has 2 heterocycles. The number of pyridine rings is 1. The van der Waals surface area contributed by atoms with Crippen LogP contribution >= 0.6 is 0 Å². The molecule has 0 spiro atoms. The lowest BCUT2D eigenvalue weighted by Crippen LogP contribution is -2.32. The number of carbonyl (C=O) groups excluding carboxylic acids is 1. The highest BCUT2D eigenvalue weighted by atomic mass is 19.1. The number of amides is 1. The highest BCUT2D eigenvalue weighted by Gasteiger charge is 2.18. The van der Waals surface area contributed by atoms with Crippen molar-refractivity contribution in [3.63, 3.8) is 0 Å². The quantitative estimate of drug-likeness (QED) is 0.683. The van der Waals surface area contributed by atoms with Gasteiger partial charge < -0.3 is 4.90 Å². The molecule has 0 unspecified atom stereocenters. The summed E-state index contributed by atoms with van der Waals surface area (Å²) >= 11 is 0. The number of halogens is 1. The second kappa shape index (κ2) is 5.05. The normalized spacial score (nSPS) is 16.9. The maximum Gasteiger partial charge on any atom is 0.272 e. The first-order valence-corrected chi connectivity index (χ1v) is 5.69. The fraction of sp³-hybridized carbons (Fsp3) is 0.500. The average molecular weight is 222 g/mol. The van der Waals surface area contributed by atoms with Gasteiger partial charge in [-0.15, -0.1) is 0 Å². The third-order valence-electron chi connectivity index (χ3n) is 2.83. The van der Waals surface area contributed by atoms with Gasteiger partial charge in [-0.05, 0) is 25.0 Å². The van der Waals surface area contributed by atoms with E-state index in [2.05, 4.69) is 4.98 Å². The fourth-order valence-electron chi connectivity index (χ4n) is 1.96. The Labute approximate surface area is 94.3 Å². The van der Waals surface area contributed by atoms with E-state index in [1.165, 1.54) is 25.0 Å². The molecule has 1 saturated heterocycles. The van der Waals surface area contributed by atoms with Crippen LogP contribution in [0.5, 0.6) is 0 Å². The van der Waals surface area contributed by atoms with Crippen LogP contribution in [0.2, 0.25) is 0 Å². The molecule has 0 aliphatic carbocycles. The molecular formula is C12H15FN2O. The molecule has 3 nitrogen and oxygen atoms in total. The number of carbonyl (C=O) groups is 1. The Hall–Kier alpha value is -1.45. The highest BCUT2D eigenvalue weighted by Crippen LogP contribution is 2.12. The Morgan fingerprint density at radius 1 is 1.19 bits per heavy atom. The van der Waals surface area contributed by atoms with E-state index in [4.69, 9.17) is 0 Å². The predicted molar refractivity (Wildman–Crippen MR) is 58.6 cm³/mol. The lowest BCUT2D eigenvalue weighted by molar-refractivity contribution is 0.0754. The van der Waals surface area contributed by atoms with Crippen molar-refractivity contribution in [3.8, 4) is 0 Å². The molecular weight excluding hydrogens is 207 g/mol. The molecule has 0 saturated carbocycles. The van der Waals surface area contributed by atoms with E-state index in [0.717, 1.165) is 25.9 Å². The molecule has 2 rings (SSSR count). The molecule has 0 radical (unpaired) electrons. The molecule has 86 valence electrons. The summed E-state index contributed by atoms with van der Waals surface area (Å²) in [5.74, 6) is -0.748. The van der Waals surface area contributed by atoms with E-state index in [1.54, 1.807) is 11.0 Å². The minimum atomic E-state index is -0.597. The first-order valence-electron chi connectivity index (χ1n) is 5.69. The molecule has 0 aromatic carbocycles. The van der Waals surface area contributed by atoms with Crippen LogP contribution in [-0.4, -0.2) is 28.9 Å². The zero-order valence-corrected chi connectivity index (χ0v) is 9.16. The molecule has 0 N–H and O–H groups in total. The van der Waals surface area contributed by atoms with Gasteiger partial charge in [0.2, 0.25) is 5.95 Å². The van der Waals surface area contributed by atoms with Crippen molar-refractivity contribution >= 4 is 5.91 Å². The predicted octanol–water partition coefficient (Wildman–Crippen LogP) is 2.24. The second-order valence-electron chi connectivity index (χ2n) is 4.05. The van der Waals surface area contributed by atoms with Crippen molar-refractivity contribution in [3.05, 3.63) is 29.8 Å². The van der Waals surface area contributed by atoms with Gasteiger partial charge in [-0.1, -0.05) is 18.9 Å². The van der Waals surface area contributed by atoms with Gasteiger partial charge in [-0.2, -0.15) is 4.39 Å². The first kappa shape index (κ1) is 11.0. The van der Waals surface area contributed by atoms with E-state index in [1.807, 2.05) is 0 Å². The smallest absolute Gasteiger partial charge is 0.272 e. The topological polar surface area (TPSA) is 33.2 Å². The molecule has 0 atom stereocenters. The van der Waals surface area contributed by atoms with Crippen LogP contribution in [0, 0.1) is 5.95 Å². The number of likely N-dealkylation sites (tertiary alicyclic amines) is 1. The molecule has 1 aromatic heterocycles. The Kier molecular flexibility index (Phi) is 3.49. The van der Waals surface area contributed by atoms with Crippen LogP contribution in [0.3, 0.4) is 0 Å². The largest absolute Gasteiger partial charge is 0.337 e. The van der Waals surface area contributed by atoms with Gasteiger partial charge in [0.05, 0.1) is 0 Å². The highest BCUT2D eigenvalue weighted by molar-refractivity contribution is 5.92. The van der Waals surface area contributed by atoms with Crippen molar-refractivity contribution in [1.82, 2.24) is 9.88 Å². The lowest BCUT2D eigenvalue weighted by atomic mass is 10.2. The number of hydrogen-bond donors (Lipinski definition) is 0. The molecule has 1 aliphatic heterocycles. The van der Waals surface area contributed by atoms with E-state index >= 15 is 0 Å². The lowest BCUT2D eigenvalue weighted by Gasteiger charge is -2.19. The zero-order valence-electron chi connectivity index (χ0n) is 9.16. The third-order valence-corrected chi connectivity index (χ3v) is 2.83. The Morgan fingerprint density at radius 3 is 2.50 bits per heavy atom. The molecule has 0 bridgehead atoms. The molecule has 4 heteroatoms. The summed E-state index contributed by atoms with van der Waals surface area (Å²) in [5.41, 5.74) is 0.210. The second-order valence-corrected chi connectivity index (χ2v) is 4.05. The van der Waals surface area contributed by atoms with Gasteiger partial charge in [0.1, 0.15) is 5.69 Å². The number of aromatic nitrogens is 1. The van der Waals surface area contributed by atoms with Crippen molar-refractivity contribution in [2.75, 3.05) is 13.1 Å². The minimum absolute atomic E-state index is 0.151. The van der Waals surface area contributed by atoms with E-state index in [-0.39, 0.29) is 11.6 Å². The Balaban J connectivity index is 2.11. The Morgan fingerprint density at radius 2 is 1.88 bits per heavy atom. The summed E-state index contributed by atoms with van der Waals surface area (Å²) in [4.78, 5) is 17.4. The summed E-state index contributed by atoms with van der Waals surface area (Å²) < 4.78 is 12.9. The van der Waals surface area contributed by atoms with Gasteiger partial charge in [0.25, 0.3) is 5.91 Å². The van der Waals surface area contributed by atoms with Crippen molar-refractivity contribution in [2.45, 2.75) is 25.7 Å². The summed E-state index contributed by atoms with van der Waals surface area (Å²) in [6.45, 7) is 1.52. The third kappa shape index (κ3) is 2.56. The number of hydrogen-bond acceptors (Lipinski definition) is 2. The minimum Gasteiger partial charge on any atom is -0.337 e. The first-order chi connectivity index (χ1) is 7.77. The molecule has 1 fully saturated rings. The van der Waals surface area contributed by atoms with E-state index < -0.39 is 5.95 Å². The monoisotopic (exact) mass is 222 g/mol. The van der Waals surface area contributed by atoms with E-state index in [9.17, 15) is 9.18 Å². The van der Waals surface area contributed by atoms with Gasteiger partial charge >= 0.3 is 0 Å². The van der Waals surface area contributed by atoms with Crippen LogP contribution in [0.1, 0.15) is 36.2 Å². The molecule has 1 aromatic rings. The summed E-state index contributed by atoms with van der Waals surface area (Å²) in [7, 11) is 0. The van der Waals surface area contributed by atoms with Crippen LogP contribution in [0.25, 0.3) is 0 Å². The van der Waals surface area contributed by atoms with Gasteiger partial charge in [-0.3, -0.25) is 4.79 Å². The van der Waals surface area contributed by atoms with Gasteiger partial charge in [0, 0.05) is 13.1 Å². The molecule has 1 amide bonds. The maximum atomic E-state index is 12.9. The van der Waals surface area contributed by atoms with Crippen LogP contribution < -0.4 is 0 Å². The summed E-state index contributed by atoms with van der Waals surface area (Å²) in [6, 6.07) is 4.34. The van der Waals surface area contributed by atoms with Crippen molar-refractivity contribution < 1.29 is 9.18 Å². The van der Waals surface area contributed by atoms with Crippen LogP contribution in [0.15, 0.2) is 18.2 Å². The average Bonchev–Trinajstić information content (AvgIpc) is 2.56. The number of nitrogens with zero attached hydrogens (tertiary/aromatic N) is 2. The SMILES string of the molecule is O=C(c1cccc(F)n1)N1CCCCCC1. The standard InChI is InChI=1S/C12H15FN2O/c13-11-7-5-6-10(14-11)12(16)15-8-3-1-2-4-9-15/h5-7H,1-4,8-9H2. The fourth-order valence-corrected chi connectivity index (χ4v) is 1.96. The van der Waals surface area contributed by atoms with Crippen LogP contribution in [-0.2, 0) is 0 Å². The maximum absolute atomic E-state index is 12.9. The van der Waals surface area contributed by atoms with Crippen molar-refractivity contribution in [1.29, 1.82) is 0 Å².